The molecule has 0 heterocycles. The Morgan fingerprint density at radius 1 is 1.10 bits per heavy atom. The lowest BCUT2D eigenvalue weighted by atomic mass is 9.84. The highest BCUT2D eigenvalue weighted by molar-refractivity contribution is 5.70. The highest BCUT2D eigenvalue weighted by atomic mass is 16.7. The molecule has 1 fully saturated rings. The van der Waals surface area contributed by atoms with Crippen LogP contribution in [0.2, 0.25) is 0 Å². The van der Waals surface area contributed by atoms with Crippen LogP contribution in [0.4, 0.5) is 0 Å². The first-order valence-electron chi connectivity index (χ1n) is 10.7. The molecule has 0 spiro atoms. The molecule has 2 N–H and O–H groups in total. The maximum Gasteiger partial charge on any atom is 0.307 e. The third-order valence-corrected chi connectivity index (χ3v) is 5.48. The summed E-state index contributed by atoms with van der Waals surface area (Å²) in [6, 6.07) is 15.9. The first kappa shape index (κ1) is 21.9. The number of carboxylic acids is 1. The van der Waals surface area contributed by atoms with Crippen molar-refractivity contribution in [2.24, 2.45) is 0 Å². The van der Waals surface area contributed by atoms with Crippen LogP contribution in [0, 0.1) is 0 Å². The number of benzene rings is 2. The molecule has 0 saturated heterocycles. The van der Waals surface area contributed by atoms with Crippen molar-refractivity contribution in [1.29, 1.82) is 0 Å². The van der Waals surface area contributed by atoms with Crippen LogP contribution in [0.3, 0.4) is 0 Å². The van der Waals surface area contributed by atoms with Crippen molar-refractivity contribution >= 4 is 11.7 Å². The van der Waals surface area contributed by atoms with E-state index in [0.717, 1.165) is 11.3 Å². The highest BCUT2D eigenvalue weighted by Gasteiger charge is 2.15. The third-order valence-electron chi connectivity index (χ3n) is 5.48. The molecule has 2 aromatic rings. The highest BCUT2D eigenvalue weighted by Crippen LogP contribution is 2.32. The van der Waals surface area contributed by atoms with Gasteiger partial charge in [0, 0.05) is 0 Å². The molecule has 30 heavy (non-hydrogen) atoms. The van der Waals surface area contributed by atoms with E-state index in [2.05, 4.69) is 29.7 Å². The summed E-state index contributed by atoms with van der Waals surface area (Å²) in [5, 5.41) is 8.88. The van der Waals surface area contributed by atoms with Crippen molar-refractivity contribution in [2.45, 2.75) is 51.4 Å². The molecule has 0 amide bonds. The molecule has 1 aliphatic rings. The van der Waals surface area contributed by atoms with Crippen LogP contribution >= 0.6 is 0 Å². The van der Waals surface area contributed by atoms with Gasteiger partial charge < -0.3 is 9.84 Å². The molecule has 160 valence electrons. The van der Waals surface area contributed by atoms with Crippen molar-refractivity contribution in [2.75, 3.05) is 13.2 Å². The second-order valence-electron chi connectivity index (χ2n) is 7.68. The predicted octanol–water partition coefficient (Wildman–Crippen LogP) is 5.32. The zero-order chi connectivity index (χ0) is 21.2. The summed E-state index contributed by atoms with van der Waals surface area (Å²) >= 11 is 0. The maximum absolute atomic E-state index is 10.8. The molecule has 0 unspecified atom stereocenters. The van der Waals surface area contributed by atoms with E-state index >= 15 is 0 Å². The van der Waals surface area contributed by atoms with Gasteiger partial charge in [0.15, 0.2) is 0 Å². The molecule has 5 heteroatoms. The van der Waals surface area contributed by atoms with Gasteiger partial charge in [-0.05, 0) is 54.5 Å². The predicted molar refractivity (Wildman–Crippen MR) is 118 cm³/mol. The number of hydroxylamine groups is 1. The smallest absolute Gasteiger partial charge is 0.307 e. The minimum Gasteiger partial charge on any atom is -0.491 e. The number of carbonyl (C=O) groups is 1. The summed E-state index contributed by atoms with van der Waals surface area (Å²) < 4.78 is 5.65. The van der Waals surface area contributed by atoms with Gasteiger partial charge in [-0.25, -0.2) is 0 Å². The van der Waals surface area contributed by atoms with Gasteiger partial charge in [0.05, 0.1) is 12.1 Å². The minimum absolute atomic E-state index is 0.0144. The Kier molecular flexibility index (Phi) is 8.33. The summed E-state index contributed by atoms with van der Waals surface area (Å²) in [6.07, 6.45) is 8.63. The van der Waals surface area contributed by atoms with E-state index in [1.807, 2.05) is 19.1 Å². The first-order chi connectivity index (χ1) is 14.7. The number of allylic oxidation sites excluding steroid dienone is 1. The Labute approximate surface area is 178 Å². The number of hydrogen-bond donors (Lipinski definition) is 2. The lowest BCUT2D eigenvalue weighted by molar-refractivity contribution is -0.136. The zero-order valence-corrected chi connectivity index (χ0v) is 17.6. The second-order valence-corrected chi connectivity index (χ2v) is 7.68. The van der Waals surface area contributed by atoms with Crippen LogP contribution in [0.5, 0.6) is 5.75 Å². The van der Waals surface area contributed by atoms with Gasteiger partial charge in [0.1, 0.15) is 19.0 Å². The average Bonchev–Trinajstić information content (AvgIpc) is 2.77. The molecule has 1 aliphatic carbocycles. The summed E-state index contributed by atoms with van der Waals surface area (Å²) in [6.45, 7) is 2.70. The van der Waals surface area contributed by atoms with Crippen LogP contribution in [-0.4, -0.2) is 24.3 Å². The second kappa shape index (κ2) is 11.4. The number of aliphatic carboxylic acids is 1. The van der Waals surface area contributed by atoms with E-state index < -0.39 is 5.97 Å². The maximum atomic E-state index is 10.8. The van der Waals surface area contributed by atoms with E-state index in [0.29, 0.717) is 30.4 Å². The number of carboxylic acid groups (broad SMARTS) is 1. The van der Waals surface area contributed by atoms with Crippen molar-refractivity contribution in [3.8, 4) is 5.75 Å². The molecule has 0 atom stereocenters. The topological polar surface area (TPSA) is 67.8 Å². The third kappa shape index (κ3) is 6.63. The summed E-state index contributed by atoms with van der Waals surface area (Å²) in [4.78, 5) is 16.4. The lowest BCUT2D eigenvalue weighted by Gasteiger charge is -2.22. The fraction of sp³-hybridized carbons (Fsp3) is 0.400. The molecule has 0 bridgehead atoms. The van der Waals surface area contributed by atoms with Gasteiger partial charge in [-0.3, -0.25) is 15.1 Å². The Hall–Kier alpha value is -2.79. The van der Waals surface area contributed by atoms with Crippen molar-refractivity contribution in [3.05, 3.63) is 71.3 Å². The van der Waals surface area contributed by atoms with Gasteiger partial charge in [0.25, 0.3) is 0 Å². The van der Waals surface area contributed by atoms with Crippen LogP contribution in [0.25, 0.3) is 5.70 Å². The molecular weight excluding hydrogens is 378 g/mol. The largest absolute Gasteiger partial charge is 0.491 e. The van der Waals surface area contributed by atoms with E-state index in [4.69, 9.17) is 14.7 Å². The van der Waals surface area contributed by atoms with Crippen LogP contribution in [0.1, 0.15) is 61.6 Å². The van der Waals surface area contributed by atoms with Crippen LogP contribution < -0.4 is 10.2 Å². The van der Waals surface area contributed by atoms with E-state index in [9.17, 15) is 4.79 Å². The standard InChI is InChI=1S/C25H31NO4/c1-2-24(22-13-11-21(12-14-22)20-8-4-3-5-9-20)26-30-16-15-29-23-10-6-7-19(17-23)18-25(27)28/h2,6-7,10-14,17,20,26H,3-5,8-9,15-16,18H2,1H3,(H,27,28). The number of nitrogens with one attached hydrogen (secondary N) is 1. The quantitative estimate of drug-likeness (QED) is 0.410. The number of rotatable bonds is 10. The van der Waals surface area contributed by atoms with Gasteiger partial charge in [-0.15, -0.1) is 0 Å². The summed E-state index contributed by atoms with van der Waals surface area (Å²) in [7, 11) is 0. The van der Waals surface area contributed by atoms with Crippen molar-refractivity contribution < 1.29 is 19.5 Å². The van der Waals surface area contributed by atoms with Gasteiger partial charge >= 0.3 is 5.97 Å². The fourth-order valence-electron chi connectivity index (χ4n) is 3.91. The Bertz CT molecular complexity index is 838. The Morgan fingerprint density at radius 2 is 1.87 bits per heavy atom. The Balaban J connectivity index is 1.43. The molecule has 1 saturated carbocycles. The molecular formula is C25H31NO4. The number of ether oxygens (including phenoxy) is 1. The minimum atomic E-state index is -0.856. The van der Waals surface area contributed by atoms with Crippen LogP contribution in [-0.2, 0) is 16.1 Å². The Morgan fingerprint density at radius 3 is 2.57 bits per heavy atom. The molecule has 5 nitrogen and oxygen atoms in total. The molecule has 0 aromatic heterocycles. The van der Waals surface area contributed by atoms with Gasteiger partial charge in [0.2, 0.25) is 0 Å². The first-order valence-corrected chi connectivity index (χ1v) is 10.7. The van der Waals surface area contributed by atoms with Crippen LogP contribution in [0.15, 0.2) is 54.6 Å². The van der Waals surface area contributed by atoms with Gasteiger partial charge in [-0.1, -0.05) is 61.7 Å². The zero-order valence-electron chi connectivity index (χ0n) is 17.6. The summed E-state index contributed by atoms with van der Waals surface area (Å²) in [5.74, 6) is 0.490. The summed E-state index contributed by atoms with van der Waals surface area (Å²) in [5.41, 5.74) is 7.19. The van der Waals surface area contributed by atoms with Gasteiger partial charge in [-0.2, -0.15) is 0 Å². The van der Waals surface area contributed by atoms with Crippen molar-refractivity contribution in [1.82, 2.24) is 5.48 Å². The molecule has 0 radical (unpaired) electrons. The average molecular weight is 410 g/mol. The SMILES string of the molecule is CC=C(NOCCOc1cccc(CC(=O)O)c1)c1ccc(C2CCCCC2)cc1. The fourth-order valence-corrected chi connectivity index (χ4v) is 3.91. The van der Waals surface area contributed by atoms with E-state index in [-0.39, 0.29) is 6.42 Å². The molecule has 0 aliphatic heterocycles. The monoisotopic (exact) mass is 409 g/mol. The molecule has 3 rings (SSSR count). The van der Waals surface area contributed by atoms with E-state index in [1.165, 1.54) is 37.7 Å². The normalized spacial score (nSPS) is 15.0. The van der Waals surface area contributed by atoms with Crippen molar-refractivity contribution in [3.63, 3.8) is 0 Å². The van der Waals surface area contributed by atoms with E-state index in [1.54, 1.807) is 18.2 Å². The lowest BCUT2D eigenvalue weighted by Crippen LogP contribution is -2.18. The number of hydrogen-bond acceptors (Lipinski definition) is 4. The molecule has 2 aromatic carbocycles.